The molecule has 1 aliphatic rings. The lowest BCUT2D eigenvalue weighted by atomic mass is 9.74. The van der Waals surface area contributed by atoms with Gasteiger partial charge in [0.05, 0.1) is 6.54 Å². The number of carbonyl (C=O) groups is 1. The number of ether oxygens (including phenoxy) is 1. The summed E-state index contributed by atoms with van der Waals surface area (Å²) >= 11 is 0. The molecule has 0 aromatic heterocycles. The fraction of sp³-hybridized carbons (Fsp3) is 0.682. The summed E-state index contributed by atoms with van der Waals surface area (Å²) in [6.45, 7) is 10.3. The van der Waals surface area contributed by atoms with E-state index < -0.39 is 0 Å². The largest absolute Gasteiger partial charge is 0.381 e. The van der Waals surface area contributed by atoms with E-state index in [2.05, 4.69) is 55.3 Å². The predicted molar refractivity (Wildman–Crippen MR) is 107 cm³/mol. The predicted octanol–water partition coefficient (Wildman–Crippen LogP) is 3.75. The number of hydrogen-bond donors (Lipinski definition) is 1. The highest BCUT2D eigenvalue weighted by atomic mass is 16.5. The number of benzene rings is 1. The second kappa shape index (κ2) is 10.7. The molecule has 4 heteroatoms. The third-order valence-corrected chi connectivity index (χ3v) is 5.59. The molecule has 0 radical (unpaired) electrons. The lowest BCUT2D eigenvalue weighted by Gasteiger charge is -2.38. The van der Waals surface area contributed by atoms with E-state index >= 15 is 0 Å². The van der Waals surface area contributed by atoms with Crippen LogP contribution in [0.2, 0.25) is 0 Å². The van der Waals surface area contributed by atoms with Crippen molar-refractivity contribution in [2.75, 3.05) is 32.8 Å². The molecule has 1 aromatic rings. The quantitative estimate of drug-likeness (QED) is 0.646. The zero-order valence-corrected chi connectivity index (χ0v) is 16.8. The first kappa shape index (κ1) is 20.9. The Balaban J connectivity index is 1.94. The van der Waals surface area contributed by atoms with Crippen LogP contribution >= 0.6 is 0 Å². The van der Waals surface area contributed by atoms with Gasteiger partial charge in [-0.25, -0.2) is 0 Å². The molecule has 1 amide bonds. The lowest BCUT2D eigenvalue weighted by Crippen LogP contribution is -2.48. The molecule has 0 saturated carbocycles. The van der Waals surface area contributed by atoms with Gasteiger partial charge in [0.1, 0.15) is 0 Å². The smallest absolute Gasteiger partial charge is 0.234 e. The minimum atomic E-state index is 0.0000410. The van der Waals surface area contributed by atoms with Crippen molar-refractivity contribution in [1.29, 1.82) is 0 Å². The fourth-order valence-electron chi connectivity index (χ4n) is 3.71. The Morgan fingerprint density at radius 2 is 1.88 bits per heavy atom. The van der Waals surface area contributed by atoms with Crippen LogP contribution in [-0.4, -0.2) is 49.7 Å². The maximum absolute atomic E-state index is 12.6. The molecule has 0 atom stereocenters. The first-order valence-electron chi connectivity index (χ1n) is 10.2. The molecule has 1 aromatic carbocycles. The first-order valence-corrected chi connectivity index (χ1v) is 10.2. The van der Waals surface area contributed by atoms with Gasteiger partial charge in [0.15, 0.2) is 0 Å². The van der Waals surface area contributed by atoms with Crippen LogP contribution in [0, 0.1) is 0 Å². The zero-order chi connectivity index (χ0) is 18.8. The summed E-state index contributed by atoms with van der Waals surface area (Å²) < 4.78 is 5.58. The van der Waals surface area contributed by atoms with Gasteiger partial charge >= 0.3 is 0 Å². The Morgan fingerprint density at radius 3 is 2.50 bits per heavy atom. The number of carbonyl (C=O) groups excluding carboxylic acids is 1. The van der Waals surface area contributed by atoms with Crippen molar-refractivity contribution >= 4 is 5.91 Å². The molecule has 1 fully saturated rings. The van der Waals surface area contributed by atoms with E-state index in [0.717, 1.165) is 39.0 Å². The topological polar surface area (TPSA) is 41.6 Å². The maximum Gasteiger partial charge on any atom is 0.234 e. The van der Waals surface area contributed by atoms with Gasteiger partial charge in [-0.1, -0.05) is 50.1 Å². The van der Waals surface area contributed by atoms with Crippen molar-refractivity contribution in [2.45, 2.75) is 64.3 Å². The van der Waals surface area contributed by atoms with Crippen LogP contribution in [-0.2, 0) is 14.9 Å². The molecular weight excluding hydrogens is 324 g/mol. The number of rotatable bonds is 10. The van der Waals surface area contributed by atoms with Crippen molar-refractivity contribution < 1.29 is 9.53 Å². The van der Waals surface area contributed by atoms with E-state index in [0.29, 0.717) is 19.1 Å². The highest BCUT2D eigenvalue weighted by Gasteiger charge is 2.34. The highest BCUT2D eigenvalue weighted by molar-refractivity contribution is 5.78. The third-order valence-electron chi connectivity index (χ3n) is 5.59. The normalized spacial score (nSPS) is 16.8. The van der Waals surface area contributed by atoms with Crippen LogP contribution in [0.15, 0.2) is 30.3 Å². The van der Waals surface area contributed by atoms with Gasteiger partial charge in [-0.05, 0) is 45.2 Å². The molecule has 0 bridgehead atoms. The third kappa shape index (κ3) is 6.10. The standard InChI is InChI=1S/C22H36N2O2/c1-4-5-9-14-24(19(2)3)17-21(25)23-18-22(12-15-26-16-13-22)20-10-7-6-8-11-20/h6-8,10-11,19H,4-5,9,12-18H2,1-3H3,(H,23,25). The van der Waals surface area contributed by atoms with Crippen LogP contribution in [0.5, 0.6) is 0 Å². The molecule has 26 heavy (non-hydrogen) atoms. The Hall–Kier alpha value is -1.39. The monoisotopic (exact) mass is 360 g/mol. The number of nitrogens with zero attached hydrogens (tertiary/aromatic N) is 1. The molecular formula is C22H36N2O2. The molecule has 0 unspecified atom stereocenters. The van der Waals surface area contributed by atoms with Gasteiger partial charge in [0.2, 0.25) is 5.91 Å². The van der Waals surface area contributed by atoms with E-state index in [9.17, 15) is 4.79 Å². The molecule has 2 rings (SSSR count). The number of unbranched alkanes of at least 4 members (excludes halogenated alkanes) is 2. The lowest BCUT2D eigenvalue weighted by molar-refractivity contribution is -0.123. The number of nitrogens with one attached hydrogen (secondary N) is 1. The van der Waals surface area contributed by atoms with Crippen molar-refractivity contribution in [3.63, 3.8) is 0 Å². The van der Waals surface area contributed by atoms with E-state index in [1.165, 1.54) is 18.4 Å². The molecule has 146 valence electrons. The summed E-state index contributed by atoms with van der Waals surface area (Å²) in [5, 5.41) is 3.23. The summed E-state index contributed by atoms with van der Waals surface area (Å²) in [5.74, 6) is 0.136. The van der Waals surface area contributed by atoms with E-state index in [-0.39, 0.29) is 11.3 Å². The first-order chi connectivity index (χ1) is 12.6. The van der Waals surface area contributed by atoms with Crippen molar-refractivity contribution in [3.05, 3.63) is 35.9 Å². The summed E-state index contributed by atoms with van der Waals surface area (Å²) in [4.78, 5) is 14.9. The molecule has 1 saturated heterocycles. The minimum Gasteiger partial charge on any atom is -0.381 e. The second-order valence-electron chi connectivity index (χ2n) is 7.81. The van der Waals surface area contributed by atoms with Gasteiger partial charge in [0, 0.05) is 31.2 Å². The van der Waals surface area contributed by atoms with Gasteiger partial charge in [-0.3, -0.25) is 9.69 Å². The van der Waals surface area contributed by atoms with E-state index in [1.54, 1.807) is 0 Å². The Bertz CT molecular complexity index is 524. The SMILES string of the molecule is CCCCCN(CC(=O)NCC1(c2ccccc2)CCOCC1)C(C)C. The molecule has 1 N–H and O–H groups in total. The Kier molecular flexibility index (Phi) is 8.60. The van der Waals surface area contributed by atoms with Crippen LogP contribution < -0.4 is 5.32 Å². The maximum atomic E-state index is 12.6. The van der Waals surface area contributed by atoms with Crippen LogP contribution in [0.25, 0.3) is 0 Å². The van der Waals surface area contributed by atoms with Gasteiger partial charge in [0.25, 0.3) is 0 Å². The Labute approximate surface area is 159 Å². The average Bonchev–Trinajstić information content (AvgIpc) is 2.67. The molecule has 0 spiro atoms. The van der Waals surface area contributed by atoms with Crippen molar-refractivity contribution in [1.82, 2.24) is 10.2 Å². The molecule has 1 heterocycles. The fourth-order valence-corrected chi connectivity index (χ4v) is 3.71. The van der Waals surface area contributed by atoms with Gasteiger partial charge in [-0.15, -0.1) is 0 Å². The van der Waals surface area contributed by atoms with E-state index in [1.807, 2.05) is 6.07 Å². The van der Waals surface area contributed by atoms with Gasteiger partial charge in [-0.2, -0.15) is 0 Å². The second-order valence-corrected chi connectivity index (χ2v) is 7.81. The summed E-state index contributed by atoms with van der Waals surface area (Å²) in [6, 6.07) is 11.0. The van der Waals surface area contributed by atoms with Crippen LogP contribution in [0.4, 0.5) is 0 Å². The summed E-state index contributed by atoms with van der Waals surface area (Å²) in [5.41, 5.74) is 1.31. The van der Waals surface area contributed by atoms with Crippen LogP contribution in [0.3, 0.4) is 0 Å². The Morgan fingerprint density at radius 1 is 1.19 bits per heavy atom. The summed E-state index contributed by atoms with van der Waals surface area (Å²) in [7, 11) is 0. The minimum absolute atomic E-state index is 0.0000410. The molecule has 4 nitrogen and oxygen atoms in total. The molecule has 1 aliphatic heterocycles. The van der Waals surface area contributed by atoms with E-state index in [4.69, 9.17) is 4.74 Å². The highest BCUT2D eigenvalue weighted by Crippen LogP contribution is 2.34. The van der Waals surface area contributed by atoms with Crippen LogP contribution in [0.1, 0.15) is 58.4 Å². The van der Waals surface area contributed by atoms with Gasteiger partial charge < -0.3 is 10.1 Å². The zero-order valence-electron chi connectivity index (χ0n) is 16.8. The average molecular weight is 361 g/mol. The molecule has 0 aliphatic carbocycles. The van der Waals surface area contributed by atoms with Crippen molar-refractivity contribution in [2.24, 2.45) is 0 Å². The number of amides is 1. The summed E-state index contributed by atoms with van der Waals surface area (Å²) in [6.07, 6.45) is 5.51. The number of hydrogen-bond acceptors (Lipinski definition) is 3. The van der Waals surface area contributed by atoms with Crippen molar-refractivity contribution in [3.8, 4) is 0 Å².